The van der Waals surface area contributed by atoms with Crippen LogP contribution in [0.15, 0.2) is 15.6 Å². The van der Waals surface area contributed by atoms with Crippen molar-refractivity contribution in [1.29, 1.82) is 0 Å². The largest absolute Gasteiger partial charge is 0.321 e. The van der Waals surface area contributed by atoms with Gasteiger partial charge in [0.2, 0.25) is 10.0 Å². The van der Waals surface area contributed by atoms with Gasteiger partial charge in [-0.15, -0.1) is 0 Å². The summed E-state index contributed by atoms with van der Waals surface area (Å²) >= 11 is 2.55. The summed E-state index contributed by atoms with van der Waals surface area (Å²) in [5, 5.41) is 15.3. The van der Waals surface area contributed by atoms with Gasteiger partial charge in [0, 0.05) is 0 Å². The van der Waals surface area contributed by atoms with Crippen LogP contribution in [0.4, 0.5) is 14.5 Å². The van der Waals surface area contributed by atoms with Crippen LogP contribution in [-0.2, 0) is 10.0 Å². The SMILES string of the molecule is NS(=O)(=O)c1cc(C(F)F)nc(Br)c1[N+](=O)[O-]. The number of halogens is 3. The summed E-state index contributed by atoms with van der Waals surface area (Å²) in [7, 11) is -4.50. The number of rotatable bonds is 3. The maximum atomic E-state index is 12.4. The minimum Gasteiger partial charge on any atom is -0.258 e. The van der Waals surface area contributed by atoms with Crippen LogP contribution in [0.3, 0.4) is 0 Å². The van der Waals surface area contributed by atoms with Gasteiger partial charge >= 0.3 is 5.69 Å². The molecule has 0 atom stereocenters. The fraction of sp³-hybridized carbons (Fsp3) is 0.167. The summed E-state index contributed by atoms with van der Waals surface area (Å²) in [6, 6.07) is 0.378. The second-order valence-electron chi connectivity index (χ2n) is 2.79. The van der Waals surface area contributed by atoms with Crippen molar-refractivity contribution in [2.45, 2.75) is 11.3 Å². The second-order valence-corrected chi connectivity index (χ2v) is 5.07. The molecule has 0 bridgehead atoms. The molecule has 2 N–H and O–H groups in total. The third kappa shape index (κ3) is 2.92. The predicted molar refractivity (Wildman–Crippen MR) is 54.9 cm³/mol. The number of hydrogen-bond donors (Lipinski definition) is 1. The molecule has 0 unspecified atom stereocenters. The van der Waals surface area contributed by atoms with Crippen molar-refractivity contribution in [3.05, 3.63) is 26.5 Å². The quantitative estimate of drug-likeness (QED) is 0.509. The van der Waals surface area contributed by atoms with Crippen molar-refractivity contribution in [3.8, 4) is 0 Å². The van der Waals surface area contributed by atoms with Crippen molar-refractivity contribution < 1.29 is 22.1 Å². The summed E-state index contributed by atoms with van der Waals surface area (Å²) in [6.07, 6.45) is -3.08. The van der Waals surface area contributed by atoms with E-state index in [1.807, 2.05) is 0 Å². The van der Waals surface area contributed by atoms with Crippen LogP contribution in [0.2, 0.25) is 0 Å². The minimum absolute atomic E-state index is 0.378. The van der Waals surface area contributed by atoms with Gasteiger partial charge in [0.25, 0.3) is 6.43 Å². The highest BCUT2D eigenvalue weighted by Gasteiger charge is 2.30. The molecule has 0 saturated heterocycles. The van der Waals surface area contributed by atoms with Crippen molar-refractivity contribution in [2.24, 2.45) is 5.14 Å². The number of sulfonamides is 1. The van der Waals surface area contributed by atoms with Crippen molar-refractivity contribution in [3.63, 3.8) is 0 Å². The van der Waals surface area contributed by atoms with Gasteiger partial charge in [0.1, 0.15) is 5.69 Å². The lowest BCUT2D eigenvalue weighted by molar-refractivity contribution is -0.389. The summed E-state index contributed by atoms with van der Waals surface area (Å²) < 4.78 is 46.2. The average molecular weight is 332 g/mol. The summed E-state index contributed by atoms with van der Waals surface area (Å²) in [5.41, 5.74) is -1.90. The Hall–Kier alpha value is -1.20. The monoisotopic (exact) mass is 331 g/mol. The zero-order chi connectivity index (χ0) is 13.4. The molecular formula is C6H4BrF2N3O4S. The van der Waals surface area contributed by atoms with Crippen molar-refractivity contribution in [1.82, 2.24) is 4.98 Å². The van der Waals surface area contributed by atoms with Gasteiger partial charge in [-0.2, -0.15) is 0 Å². The molecule has 0 aromatic carbocycles. The molecule has 11 heteroatoms. The molecular weight excluding hydrogens is 328 g/mol. The van der Waals surface area contributed by atoms with E-state index in [-0.39, 0.29) is 0 Å². The third-order valence-corrected chi connectivity index (χ3v) is 3.12. The predicted octanol–water partition coefficient (Wildman–Crippen LogP) is 1.34. The highest BCUT2D eigenvalue weighted by molar-refractivity contribution is 9.10. The Morgan fingerprint density at radius 2 is 2.06 bits per heavy atom. The first-order valence-electron chi connectivity index (χ1n) is 3.80. The lowest BCUT2D eigenvalue weighted by Gasteiger charge is -2.05. The molecule has 0 saturated carbocycles. The van der Waals surface area contributed by atoms with E-state index in [0.29, 0.717) is 6.07 Å². The highest BCUT2D eigenvalue weighted by atomic mass is 79.9. The molecule has 1 rings (SSSR count). The first kappa shape index (κ1) is 13.9. The molecule has 0 radical (unpaired) electrons. The zero-order valence-corrected chi connectivity index (χ0v) is 10.2. The lowest BCUT2D eigenvalue weighted by atomic mass is 10.3. The van der Waals surface area contributed by atoms with E-state index in [1.165, 1.54) is 0 Å². The Kier molecular flexibility index (Phi) is 3.74. The van der Waals surface area contributed by atoms with Gasteiger partial charge in [-0.05, 0) is 22.0 Å². The van der Waals surface area contributed by atoms with Gasteiger partial charge in [0.05, 0.1) is 4.92 Å². The summed E-state index contributed by atoms with van der Waals surface area (Å²) in [6.45, 7) is 0. The Bertz CT molecular complexity index is 577. The number of alkyl halides is 2. The van der Waals surface area contributed by atoms with Gasteiger partial charge in [-0.3, -0.25) is 10.1 Å². The molecule has 94 valence electrons. The van der Waals surface area contributed by atoms with E-state index in [2.05, 4.69) is 20.9 Å². The number of hydrogen-bond acceptors (Lipinski definition) is 5. The Balaban J connectivity index is 3.69. The Labute approximate surface area is 102 Å². The van der Waals surface area contributed by atoms with E-state index in [1.54, 1.807) is 0 Å². The number of nitrogens with zero attached hydrogens (tertiary/aromatic N) is 2. The molecule has 7 nitrogen and oxygen atoms in total. The van der Waals surface area contributed by atoms with Crippen LogP contribution >= 0.6 is 15.9 Å². The zero-order valence-electron chi connectivity index (χ0n) is 7.80. The standard InChI is InChI=1S/C6H4BrF2N3O4S/c7-5-4(12(13)14)3(17(10,15)16)1-2(11-5)6(8)9/h1,6H,(H2,10,15,16). The van der Waals surface area contributed by atoms with Crippen LogP contribution in [0.25, 0.3) is 0 Å². The van der Waals surface area contributed by atoms with E-state index in [0.717, 1.165) is 0 Å². The number of nitro groups is 1. The van der Waals surface area contributed by atoms with Crippen LogP contribution < -0.4 is 5.14 Å². The van der Waals surface area contributed by atoms with Gasteiger partial charge in [-0.1, -0.05) is 0 Å². The molecule has 0 amide bonds. The van der Waals surface area contributed by atoms with Gasteiger partial charge < -0.3 is 0 Å². The summed E-state index contributed by atoms with van der Waals surface area (Å²) in [5.74, 6) is 0. The average Bonchev–Trinajstić information content (AvgIpc) is 2.14. The molecule has 17 heavy (non-hydrogen) atoms. The Morgan fingerprint density at radius 1 is 1.53 bits per heavy atom. The van der Waals surface area contributed by atoms with Crippen LogP contribution in [-0.4, -0.2) is 18.3 Å². The maximum absolute atomic E-state index is 12.4. The minimum atomic E-state index is -4.50. The fourth-order valence-corrected chi connectivity index (χ4v) is 2.42. The molecule has 0 aliphatic carbocycles. The first-order valence-corrected chi connectivity index (χ1v) is 6.14. The molecule has 0 aliphatic heterocycles. The molecule has 0 fully saturated rings. The smallest absolute Gasteiger partial charge is 0.258 e. The molecule has 0 spiro atoms. The highest BCUT2D eigenvalue weighted by Crippen LogP contribution is 2.33. The summed E-state index contributed by atoms with van der Waals surface area (Å²) in [4.78, 5) is 11.7. The van der Waals surface area contributed by atoms with E-state index in [9.17, 15) is 27.3 Å². The number of nitrogens with two attached hydrogens (primary N) is 1. The number of primary sulfonamides is 1. The normalized spacial score (nSPS) is 11.8. The van der Waals surface area contributed by atoms with E-state index in [4.69, 9.17) is 5.14 Å². The number of aromatic nitrogens is 1. The van der Waals surface area contributed by atoms with Gasteiger partial charge in [-0.25, -0.2) is 27.3 Å². The fourth-order valence-electron chi connectivity index (χ4n) is 0.997. The first-order chi connectivity index (χ1) is 7.64. The molecule has 1 aromatic heterocycles. The van der Waals surface area contributed by atoms with Crippen molar-refractivity contribution in [2.75, 3.05) is 0 Å². The molecule has 0 aliphatic rings. The molecule has 1 heterocycles. The van der Waals surface area contributed by atoms with Crippen LogP contribution in [0.5, 0.6) is 0 Å². The number of pyridine rings is 1. The molecule has 1 aromatic rings. The Morgan fingerprint density at radius 3 is 2.41 bits per heavy atom. The maximum Gasteiger partial charge on any atom is 0.321 e. The lowest BCUT2D eigenvalue weighted by Crippen LogP contribution is -2.16. The van der Waals surface area contributed by atoms with E-state index < -0.39 is 42.3 Å². The van der Waals surface area contributed by atoms with Crippen LogP contribution in [0.1, 0.15) is 12.1 Å². The second kappa shape index (κ2) is 4.58. The van der Waals surface area contributed by atoms with Crippen LogP contribution in [0, 0.1) is 10.1 Å². The third-order valence-electron chi connectivity index (χ3n) is 1.65. The van der Waals surface area contributed by atoms with Crippen molar-refractivity contribution >= 4 is 31.6 Å². The van der Waals surface area contributed by atoms with Gasteiger partial charge in [0.15, 0.2) is 9.50 Å². The topological polar surface area (TPSA) is 116 Å². The van der Waals surface area contributed by atoms with E-state index >= 15 is 0 Å².